The maximum atomic E-state index is 13.2. The molecule has 1 heterocycles. The lowest BCUT2D eigenvalue weighted by atomic mass is 9.96. The fourth-order valence-corrected chi connectivity index (χ4v) is 3.61. The van der Waals surface area contributed by atoms with Crippen molar-refractivity contribution in [3.05, 3.63) is 11.6 Å². The summed E-state index contributed by atoms with van der Waals surface area (Å²) in [5.41, 5.74) is 0.201. The van der Waals surface area contributed by atoms with Crippen LogP contribution in [0.25, 0.3) is 0 Å². The van der Waals surface area contributed by atoms with Crippen LogP contribution in [-0.4, -0.2) is 71.5 Å². The summed E-state index contributed by atoms with van der Waals surface area (Å²) < 4.78 is 0. The molecule has 0 bridgehead atoms. The van der Waals surface area contributed by atoms with Crippen molar-refractivity contribution < 1.29 is 19.5 Å². The fourth-order valence-electron chi connectivity index (χ4n) is 3.61. The number of likely N-dealkylation sites (N-methyl/N-ethyl adjacent to an activating group) is 2. The summed E-state index contributed by atoms with van der Waals surface area (Å²) in [7, 11) is 3.61. The molecule has 1 saturated heterocycles. The molecule has 1 rings (SSSR count). The number of piperidine rings is 1. The first kappa shape index (κ1) is 24.1. The molecule has 160 valence electrons. The number of rotatable bonds is 8. The van der Waals surface area contributed by atoms with Crippen molar-refractivity contribution in [1.82, 2.24) is 15.1 Å². The summed E-state index contributed by atoms with van der Waals surface area (Å²) >= 11 is 0. The highest BCUT2D eigenvalue weighted by molar-refractivity contribution is 5.90. The van der Waals surface area contributed by atoms with Gasteiger partial charge < -0.3 is 15.3 Å². The minimum Gasteiger partial charge on any atom is -0.478 e. The number of hydrogen-bond donors (Lipinski definition) is 2. The van der Waals surface area contributed by atoms with Gasteiger partial charge in [0.1, 0.15) is 6.04 Å². The Balaban J connectivity index is 2.99. The Morgan fingerprint density at radius 1 is 1.14 bits per heavy atom. The number of aliphatic carboxylic acids is 1. The molecule has 1 aliphatic heterocycles. The largest absolute Gasteiger partial charge is 0.478 e. The molecule has 7 nitrogen and oxygen atoms in total. The second-order valence-corrected chi connectivity index (χ2v) is 8.56. The van der Waals surface area contributed by atoms with Gasteiger partial charge in [-0.2, -0.15) is 0 Å². The Kier molecular flexibility index (Phi) is 9.14. The Hall–Kier alpha value is -1.89. The molecular formula is C21H37N3O4. The Morgan fingerprint density at radius 3 is 2.21 bits per heavy atom. The smallest absolute Gasteiger partial charge is 0.331 e. The normalized spacial score (nSPS) is 20.8. The average molecular weight is 396 g/mol. The molecule has 0 aromatic rings. The van der Waals surface area contributed by atoms with Crippen molar-refractivity contribution >= 4 is 17.8 Å². The van der Waals surface area contributed by atoms with Gasteiger partial charge in [-0.05, 0) is 45.2 Å². The maximum absolute atomic E-state index is 13.2. The molecule has 0 aliphatic carbocycles. The second kappa shape index (κ2) is 10.6. The maximum Gasteiger partial charge on any atom is 0.331 e. The van der Waals surface area contributed by atoms with Crippen LogP contribution in [0, 0.1) is 11.8 Å². The third-order valence-corrected chi connectivity index (χ3v) is 5.54. The molecular weight excluding hydrogens is 358 g/mol. The van der Waals surface area contributed by atoms with Gasteiger partial charge >= 0.3 is 5.97 Å². The van der Waals surface area contributed by atoms with E-state index in [0.717, 1.165) is 25.8 Å². The number of carbonyl (C=O) groups is 3. The van der Waals surface area contributed by atoms with E-state index in [1.807, 2.05) is 39.6 Å². The summed E-state index contributed by atoms with van der Waals surface area (Å²) in [5.74, 6) is -1.35. The molecule has 1 aliphatic rings. The Bertz CT molecular complexity index is 600. The zero-order valence-corrected chi connectivity index (χ0v) is 18.4. The summed E-state index contributed by atoms with van der Waals surface area (Å²) in [6.45, 7) is 10.1. The zero-order chi connectivity index (χ0) is 21.6. The minimum atomic E-state index is -0.999. The van der Waals surface area contributed by atoms with E-state index in [-0.39, 0.29) is 41.3 Å². The summed E-state index contributed by atoms with van der Waals surface area (Å²) in [6.07, 6.45) is 4.50. The van der Waals surface area contributed by atoms with E-state index in [2.05, 4.69) is 5.32 Å². The predicted octanol–water partition coefficient (Wildman–Crippen LogP) is 2.13. The molecule has 0 saturated carbocycles. The standard InChI is InChI=1S/C21H37N3O4/c1-13(2)17(12-15(5)21(27)28)24(7)20(26)18(14(3)4)22-19(25)16-10-8-9-11-23(16)6/h12-14,16-18H,8-11H2,1-7H3,(H,22,25)(H,27,28)/t16-,17-,18+/m1/s1. The number of nitrogens with zero attached hydrogens (tertiary/aromatic N) is 2. The van der Waals surface area contributed by atoms with E-state index in [0.29, 0.717) is 0 Å². The first-order chi connectivity index (χ1) is 13.0. The van der Waals surface area contributed by atoms with E-state index in [9.17, 15) is 19.5 Å². The number of hydrogen-bond acceptors (Lipinski definition) is 4. The minimum absolute atomic E-state index is 0.0382. The molecule has 0 unspecified atom stereocenters. The van der Waals surface area contributed by atoms with Crippen molar-refractivity contribution in [2.75, 3.05) is 20.6 Å². The lowest BCUT2D eigenvalue weighted by Gasteiger charge is -2.36. The van der Waals surface area contributed by atoms with Crippen molar-refractivity contribution in [3.8, 4) is 0 Å². The van der Waals surface area contributed by atoms with Crippen molar-refractivity contribution in [2.24, 2.45) is 11.8 Å². The van der Waals surface area contributed by atoms with Crippen LogP contribution < -0.4 is 5.32 Å². The van der Waals surface area contributed by atoms with Crippen LogP contribution in [0.4, 0.5) is 0 Å². The molecule has 2 N–H and O–H groups in total. The summed E-state index contributed by atoms with van der Waals surface area (Å²) in [4.78, 5) is 40.8. The molecule has 2 amide bonds. The number of carbonyl (C=O) groups excluding carboxylic acids is 2. The molecule has 0 spiro atoms. The molecule has 28 heavy (non-hydrogen) atoms. The van der Waals surface area contributed by atoms with Gasteiger partial charge in [0.25, 0.3) is 0 Å². The van der Waals surface area contributed by atoms with Gasteiger partial charge in [0.05, 0.1) is 12.1 Å². The molecule has 7 heteroatoms. The monoisotopic (exact) mass is 395 g/mol. The highest BCUT2D eigenvalue weighted by atomic mass is 16.4. The lowest BCUT2D eigenvalue weighted by Crippen LogP contribution is -2.57. The highest BCUT2D eigenvalue weighted by Crippen LogP contribution is 2.19. The van der Waals surface area contributed by atoms with Crippen LogP contribution in [-0.2, 0) is 14.4 Å². The quantitative estimate of drug-likeness (QED) is 0.615. The van der Waals surface area contributed by atoms with Gasteiger partial charge in [-0.25, -0.2) is 4.79 Å². The third-order valence-electron chi connectivity index (χ3n) is 5.54. The third kappa shape index (κ3) is 6.33. The van der Waals surface area contributed by atoms with Crippen molar-refractivity contribution in [2.45, 2.75) is 72.0 Å². The molecule has 0 aromatic heterocycles. The van der Waals surface area contributed by atoms with Crippen LogP contribution in [0.3, 0.4) is 0 Å². The van der Waals surface area contributed by atoms with E-state index >= 15 is 0 Å². The number of carboxylic acid groups (broad SMARTS) is 1. The van der Waals surface area contributed by atoms with Gasteiger partial charge in [0.2, 0.25) is 11.8 Å². The van der Waals surface area contributed by atoms with Gasteiger partial charge in [0, 0.05) is 12.6 Å². The van der Waals surface area contributed by atoms with Crippen LogP contribution in [0.1, 0.15) is 53.9 Å². The van der Waals surface area contributed by atoms with Crippen LogP contribution in [0.2, 0.25) is 0 Å². The number of likely N-dealkylation sites (tertiary alicyclic amines) is 1. The highest BCUT2D eigenvalue weighted by Gasteiger charge is 2.34. The van der Waals surface area contributed by atoms with Crippen LogP contribution >= 0.6 is 0 Å². The molecule has 0 aromatic carbocycles. The van der Waals surface area contributed by atoms with Gasteiger partial charge in [-0.1, -0.05) is 40.2 Å². The van der Waals surface area contributed by atoms with Crippen molar-refractivity contribution in [1.29, 1.82) is 0 Å². The van der Waals surface area contributed by atoms with Gasteiger partial charge in [-0.15, -0.1) is 0 Å². The van der Waals surface area contributed by atoms with E-state index in [1.165, 1.54) is 6.92 Å². The number of carboxylic acids is 1. The fraction of sp³-hybridized carbons (Fsp3) is 0.762. The average Bonchev–Trinajstić information content (AvgIpc) is 2.62. The molecule has 0 radical (unpaired) electrons. The van der Waals surface area contributed by atoms with Gasteiger partial charge in [0.15, 0.2) is 0 Å². The van der Waals surface area contributed by atoms with Crippen molar-refractivity contribution in [3.63, 3.8) is 0 Å². The Morgan fingerprint density at radius 2 is 1.75 bits per heavy atom. The zero-order valence-electron chi connectivity index (χ0n) is 18.4. The second-order valence-electron chi connectivity index (χ2n) is 8.56. The van der Waals surface area contributed by atoms with E-state index in [1.54, 1.807) is 18.0 Å². The first-order valence-electron chi connectivity index (χ1n) is 10.2. The molecule has 3 atom stereocenters. The van der Waals surface area contributed by atoms with Gasteiger partial charge in [-0.3, -0.25) is 14.5 Å². The van der Waals surface area contributed by atoms with E-state index < -0.39 is 12.0 Å². The number of amides is 2. The Labute approximate surface area is 169 Å². The first-order valence-corrected chi connectivity index (χ1v) is 10.2. The van der Waals surface area contributed by atoms with Crippen LogP contribution in [0.5, 0.6) is 0 Å². The van der Waals surface area contributed by atoms with Crippen LogP contribution in [0.15, 0.2) is 11.6 Å². The SMILES string of the molecule is CC(=C[C@H](C(C)C)N(C)C(=O)[C@@H](NC(=O)[C@H]1CCCCN1C)C(C)C)C(=O)O. The summed E-state index contributed by atoms with van der Waals surface area (Å²) in [5, 5.41) is 12.1. The number of nitrogens with one attached hydrogen (secondary N) is 1. The topological polar surface area (TPSA) is 90.0 Å². The summed E-state index contributed by atoms with van der Waals surface area (Å²) in [6, 6.07) is -1.21. The lowest BCUT2D eigenvalue weighted by molar-refractivity contribution is -0.140. The van der Waals surface area contributed by atoms with E-state index in [4.69, 9.17) is 0 Å². The predicted molar refractivity (Wildman–Crippen MR) is 110 cm³/mol. The molecule has 1 fully saturated rings.